The standard InChI is InChI=1S/C10H10O4.C8H4O3/c1-5-3-4-7(9(11)12)8(6(5)2)10(13)14;9-7-5-3-1-2-4-6(5)8(10)11-7/h3-4H,1-2H3,(H,11,12)(H,13,14);1-4H. The number of hydrogen-bond acceptors (Lipinski definition) is 5. The molecule has 0 saturated carbocycles. The van der Waals surface area contributed by atoms with Crippen molar-refractivity contribution in [2.45, 2.75) is 13.8 Å². The molecule has 1 aliphatic heterocycles. The Bertz CT molecular complexity index is 863. The van der Waals surface area contributed by atoms with Gasteiger partial charge in [-0.1, -0.05) is 18.2 Å². The van der Waals surface area contributed by atoms with Gasteiger partial charge in [-0.05, 0) is 43.2 Å². The highest BCUT2D eigenvalue weighted by molar-refractivity contribution is 6.14. The molecular formula is C18H14O7. The Morgan fingerprint density at radius 3 is 1.80 bits per heavy atom. The molecule has 0 aromatic heterocycles. The lowest BCUT2D eigenvalue weighted by molar-refractivity contribution is 0.0442. The molecule has 3 rings (SSSR count). The van der Waals surface area contributed by atoms with Crippen molar-refractivity contribution in [2.75, 3.05) is 0 Å². The third-order valence-electron chi connectivity index (χ3n) is 3.73. The molecule has 0 amide bonds. The van der Waals surface area contributed by atoms with Crippen LogP contribution in [-0.2, 0) is 4.74 Å². The van der Waals surface area contributed by atoms with Gasteiger partial charge in [0.05, 0.1) is 22.3 Å². The average molecular weight is 342 g/mol. The van der Waals surface area contributed by atoms with E-state index in [-0.39, 0.29) is 11.1 Å². The second-order valence-corrected chi connectivity index (χ2v) is 5.26. The quantitative estimate of drug-likeness (QED) is 0.636. The molecule has 2 N–H and O–H groups in total. The average Bonchev–Trinajstić information content (AvgIpc) is 2.85. The minimum Gasteiger partial charge on any atom is -0.478 e. The van der Waals surface area contributed by atoms with Gasteiger partial charge in [0.1, 0.15) is 0 Å². The zero-order valence-electron chi connectivity index (χ0n) is 13.4. The Hall–Kier alpha value is -3.48. The van der Waals surface area contributed by atoms with Gasteiger partial charge in [0, 0.05) is 0 Å². The summed E-state index contributed by atoms with van der Waals surface area (Å²) in [4.78, 5) is 43.2. The number of carbonyl (C=O) groups excluding carboxylic acids is 2. The van der Waals surface area contributed by atoms with E-state index in [1.807, 2.05) is 0 Å². The van der Waals surface area contributed by atoms with Crippen LogP contribution in [0.5, 0.6) is 0 Å². The van der Waals surface area contributed by atoms with Crippen molar-refractivity contribution in [3.05, 3.63) is 69.8 Å². The van der Waals surface area contributed by atoms with Crippen molar-refractivity contribution < 1.29 is 34.1 Å². The van der Waals surface area contributed by atoms with E-state index < -0.39 is 23.9 Å². The molecular weight excluding hydrogens is 328 g/mol. The normalized spacial score (nSPS) is 11.9. The summed E-state index contributed by atoms with van der Waals surface area (Å²) < 4.78 is 4.35. The van der Waals surface area contributed by atoms with Gasteiger partial charge >= 0.3 is 23.9 Å². The number of benzene rings is 2. The Balaban J connectivity index is 0.000000185. The topological polar surface area (TPSA) is 118 Å². The molecule has 2 aromatic rings. The van der Waals surface area contributed by atoms with E-state index in [9.17, 15) is 19.2 Å². The number of hydrogen-bond donors (Lipinski definition) is 2. The third kappa shape index (κ3) is 3.55. The monoisotopic (exact) mass is 342 g/mol. The van der Waals surface area contributed by atoms with Crippen molar-refractivity contribution in [1.82, 2.24) is 0 Å². The lowest BCUT2D eigenvalue weighted by Gasteiger charge is -2.07. The molecule has 7 nitrogen and oxygen atoms in total. The number of esters is 2. The Morgan fingerprint density at radius 2 is 1.36 bits per heavy atom. The lowest BCUT2D eigenvalue weighted by Crippen LogP contribution is -2.10. The van der Waals surface area contributed by atoms with E-state index in [1.54, 1.807) is 44.2 Å². The Labute approximate surface area is 142 Å². The van der Waals surface area contributed by atoms with Crippen molar-refractivity contribution in [2.24, 2.45) is 0 Å². The molecule has 0 unspecified atom stereocenters. The van der Waals surface area contributed by atoms with Crippen LogP contribution < -0.4 is 0 Å². The maximum atomic E-state index is 10.8. The zero-order valence-corrected chi connectivity index (χ0v) is 13.4. The number of carboxylic acids is 2. The third-order valence-corrected chi connectivity index (χ3v) is 3.73. The largest absolute Gasteiger partial charge is 0.478 e. The fourth-order valence-corrected chi connectivity index (χ4v) is 2.30. The number of carboxylic acid groups (broad SMARTS) is 2. The van der Waals surface area contributed by atoms with Gasteiger partial charge in [0.15, 0.2) is 0 Å². The van der Waals surface area contributed by atoms with Crippen LogP contribution in [0.15, 0.2) is 36.4 Å². The second-order valence-electron chi connectivity index (χ2n) is 5.26. The van der Waals surface area contributed by atoms with Crippen LogP contribution in [0.4, 0.5) is 0 Å². The smallest absolute Gasteiger partial charge is 0.346 e. The number of cyclic esters (lactones) is 2. The van der Waals surface area contributed by atoms with Crippen LogP contribution in [0.3, 0.4) is 0 Å². The molecule has 128 valence electrons. The molecule has 0 radical (unpaired) electrons. The molecule has 0 spiro atoms. The molecule has 0 fully saturated rings. The first-order valence-corrected chi connectivity index (χ1v) is 7.16. The van der Waals surface area contributed by atoms with Crippen molar-refractivity contribution in [3.63, 3.8) is 0 Å². The van der Waals surface area contributed by atoms with Crippen molar-refractivity contribution in [1.29, 1.82) is 0 Å². The van der Waals surface area contributed by atoms with Crippen LogP contribution in [0, 0.1) is 13.8 Å². The Morgan fingerprint density at radius 1 is 0.840 bits per heavy atom. The molecule has 0 aliphatic carbocycles. The van der Waals surface area contributed by atoms with Gasteiger partial charge in [-0.2, -0.15) is 0 Å². The SMILES string of the molecule is Cc1ccc(C(=O)O)c(C(=O)O)c1C.O=C1OC(=O)c2ccccc21. The van der Waals surface area contributed by atoms with Gasteiger partial charge in [0.25, 0.3) is 0 Å². The zero-order chi connectivity index (χ0) is 18.7. The second kappa shape index (κ2) is 6.96. The van der Waals surface area contributed by atoms with Crippen LogP contribution in [0.1, 0.15) is 52.6 Å². The molecule has 0 saturated heterocycles. The van der Waals surface area contributed by atoms with Gasteiger partial charge in [-0.15, -0.1) is 0 Å². The van der Waals surface area contributed by atoms with Crippen molar-refractivity contribution >= 4 is 23.9 Å². The van der Waals surface area contributed by atoms with E-state index in [1.165, 1.54) is 6.07 Å². The van der Waals surface area contributed by atoms with Crippen LogP contribution in [0.2, 0.25) is 0 Å². The molecule has 1 aliphatic rings. The van der Waals surface area contributed by atoms with Gasteiger partial charge in [-0.25, -0.2) is 19.2 Å². The fraction of sp³-hybridized carbons (Fsp3) is 0.111. The Kier molecular flexibility index (Phi) is 4.97. The summed E-state index contributed by atoms with van der Waals surface area (Å²) in [5.41, 5.74) is 1.69. The lowest BCUT2D eigenvalue weighted by atomic mass is 9.98. The highest BCUT2D eigenvalue weighted by Gasteiger charge is 2.28. The summed E-state index contributed by atoms with van der Waals surface area (Å²) >= 11 is 0. The molecule has 1 heterocycles. The van der Waals surface area contributed by atoms with Gasteiger partial charge < -0.3 is 14.9 Å². The first-order chi connectivity index (χ1) is 11.7. The highest BCUT2D eigenvalue weighted by Crippen LogP contribution is 2.19. The van der Waals surface area contributed by atoms with Gasteiger partial charge in [0.2, 0.25) is 0 Å². The summed E-state index contributed by atoms with van der Waals surface area (Å²) in [6, 6.07) is 9.45. The van der Waals surface area contributed by atoms with Crippen LogP contribution in [-0.4, -0.2) is 34.1 Å². The van der Waals surface area contributed by atoms with E-state index in [0.29, 0.717) is 16.7 Å². The molecule has 2 aromatic carbocycles. The number of carbonyl (C=O) groups is 4. The van der Waals surface area contributed by atoms with E-state index in [0.717, 1.165) is 5.56 Å². The number of ether oxygens (including phenoxy) is 1. The number of fused-ring (bicyclic) bond motifs is 1. The maximum Gasteiger partial charge on any atom is 0.346 e. The first-order valence-electron chi connectivity index (χ1n) is 7.16. The summed E-state index contributed by atoms with van der Waals surface area (Å²) in [5, 5.41) is 17.6. The highest BCUT2D eigenvalue weighted by atomic mass is 16.6. The minimum absolute atomic E-state index is 0.127. The summed E-state index contributed by atoms with van der Waals surface area (Å²) in [6.45, 7) is 3.35. The predicted octanol–water partition coefficient (Wildman–Crippen LogP) is 2.70. The van der Waals surface area contributed by atoms with E-state index >= 15 is 0 Å². The van der Waals surface area contributed by atoms with E-state index in [2.05, 4.69) is 4.74 Å². The summed E-state index contributed by atoms with van der Waals surface area (Å²) in [7, 11) is 0. The van der Waals surface area contributed by atoms with E-state index in [4.69, 9.17) is 10.2 Å². The predicted molar refractivity (Wildman–Crippen MR) is 86.0 cm³/mol. The van der Waals surface area contributed by atoms with Crippen molar-refractivity contribution in [3.8, 4) is 0 Å². The number of aromatic carboxylic acids is 2. The molecule has 7 heteroatoms. The minimum atomic E-state index is -1.22. The van der Waals surface area contributed by atoms with Crippen LogP contribution >= 0.6 is 0 Å². The van der Waals surface area contributed by atoms with Gasteiger partial charge in [-0.3, -0.25) is 0 Å². The number of aryl methyl sites for hydroxylation is 1. The number of rotatable bonds is 2. The fourth-order valence-electron chi connectivity index (χ4n) is 2.30. The molecule has 0 atom stereocenters. The summed E-state index contributed by atoms with van der Waals surface area (Å²) in [5.74, 6) is -3.52. The maximum absolute atomic E-state index is 10.8. The summed E-state index contributed by atoms with van der Waals surface area (Å²) in [6.07, 6.45) is 0. The van der Waals surface area contributed by atoms with Crippen LogP contribution in [0.25, 0.3) is 0 Å². The first kappa shape index (κ1) is 17.9. The molecule has 25 heavy (non-hydrogen) atoms. The molecule has 0 bridgehead atoms.